The smallest absolute Gasteiger partial charge is 0.311 e. The molecule has 0 bridgehead atoms. The first-order valence-electron chi connectivity index (χ1n) is 4.93. The van der Waals surface area contributed by atoms with Crippen LogP contribution in [0.4, 0.5) is 0 Å². The number of carbonyl (C=O) groups is 1. The van der Waals surface area contributed by atoms with Crippen LogP contribution in [0.1, 0.15) is 12.6 Å². The standard InChI is InChI=1S/C12H12NO2/c1-2-15-12(14)8-10-7-9-5-3-4-6-11(9)13-10/h4-7,13H,2,8H2,1H3. The highest BCUT2D eigenvalue weighted by molar-refractivity contribution is 5.82. The third kappa shape index (κ3) is 2.18. The minimum Gasteiger partial charge on any atom is -0.466 e. The van der Waals surface area contributed by atoms with Crippen molar-refractivity contribution in [3.05, 3.63) is 36.0 Å². The molecule has 15 heavy (non-hydrogen) atoms. The summed E-state index contributed by atoms with van der Waals surface area (Å²) in [5.74, 6) is -0.201. The van der Waals surface area contributed by atoms with Crippen molar-refractivity contribution < 1.29 is 9.53 Å². The minimum atomic E-state index is -0.201. The topological polar surface area (TPSA) is 42.1 Å². The van der Waals surface area contributed by atoms with Crippen molar-refractivity contribution >= 4 is 16.9 Å². The molecule has 0 fully saturated rings. The van der Waals surface area contributed by atoms with E-state index in [1.807, 2.05) is 24.3 Å². The predicted molar refractivity (Wildman–Crippen MR) is 57.5 cm³/mol. The number of nitrogens with one attached hydrogen (secondary N) is 1. The van der Waals surface area contributed by atoms with Crippen molar-refractivity contribution in [2.24, 2.45) is 0 Å². The van der Waals surface area contributed by atoms with Gasteiger partial charge in [0.25, 0.3) is 0 Å². The number of benzene rings is 1. The highest BCUT2D eigenvalue weighted by atomic mass is 16.5. The monoisotopic (exact) mass is 202 g/mol. The van der Waals surface area contributed by atoms with Crippen molar-refractivity contribution in [2.75, 3.05) is 6.61 Å². The minimum absolute atomic E-state index is 0.201. The fourth-order valence-corrected chi connectivity index (χ4v) is 1.54. The molecule has 1 aromatic carbocycles. The second-order valence-electron chi connectivity index (χ2n) is 3.29. The first-order valence-corrected chi connectivity index (χ1v) is 4.93. The van der Waals surface area contributed by atoms with Gasteiger partial charge in [0.2, 0.25) is 0 Å². The van der Waals surface area contributed by atoms with Gasteiger partial charge in [-0.25, -0.2) is 0 Å². The number of carbonyl (C=O) groups excluding carboxylic acids is 1. The summed E-state index contributed by atoms with van der Waals surface area (Å²) in [6.07, 6.45) is 0.294. The zero-order valence-electron chi connectivity index (χ0n) is 8.54. The molecule has 1 aromatic heterocycles. The van der Waals surface area contributed by atoms with E-state index in [4.69, 9.17) is 4.74 Å². The molecule has 0 atom stereocenters. The van der Waals surface area contributed by atoms with Crippen molar-refractivity contribution in [3.63, 3.8) is 0 Å². The Morgan fingerprint density at radius 2 is 2.47 bits per heavy atom. The molecule has 2 rings (SSSR count). The van der Waals surface area contributed by atoms with E-state index in [0.717, 1.165) is 16.6 Å². The van der Waals surface area contributed by atoms with E-state index in [1.165, 1.54) is 0 Å². The van der Waals surface area contributed by atoms with Gasteiger partial charge in [-0.3, -0.25) is 4.79 Å². The Bertz CT molecular complexity index is 440. The lowest BCUT2D eigenvalue weighted by molar-refractivity contribution is -0.142. The number of esters is 1. The Hall–Kier alpha value is -1.77. The van der Waals surface area contributed by atoms with Gasteiger partial charge in [-0.2, -0.15) is 0 Å². The van der Waals surface area contributed by atoms with Crippen LogP contribution >= 0.6 is 0 Å². The van der Waals surface area contributed by atoms with Gasteiger partial charge in [0.05, 0.1) is 13.0 Å². The van der Waals surface area contributed by atoms with Crippen LogP contribution in [0.2, 0.25) is 0 Å². The van der Waals surface area contributed by atoms with Gasteiger partial charge < -0.3 is 9.72 Å². The molecular formula is C12H12NO2. The summed E-state index contributed by atoms with van der Waals surface area (Å²) in [4.78, 5) is 14.4. The molecule has 1 heterocycles. The van der Waals surface area contributed by atoms with Crippen LogP contribution in [-0.2, 0) is 16.0 Å². The molecule has 3 heteroatoms. The molecule has 0 aliphatic heterocycles. The number of ether oxygens (including phenoxy) is 1. The second-order valence-corrected chi connectivity index (χ2v) is 3.29. The zero-order chi connectivity index (χ0) is 10.7. The molecule has 77 valence electrons. The molecule has 0 aliphatic rings. The normalized spacial score (nSPS) is 10.5. The van der Waals surface area contributed by atoms with Crippen molar-refractivity contribution in [1.82, 2.24) is 4.98 Å². The molecule has 0 saturated carbocycles. The van der Waals surface area contributed by atoms with Crippen molar-refractivity contribution in [2.45, 2.75) is 13.3 Å². The number of fused-ring (bicyclic) bond motifs is 1. The van der Waals surface area contributed by atoms with Crippen LogP contribution in [0.5, 0.6) is 0 Å². The van der Waals surface area contributed by atoms with Gasteiger partial charge in [-0.15, -0.1) is 0 Å². The van der Waals surface area contributed by atoms with Crippen molar-refractivity contribution in [1.29, 1.82) is 0 Å². The SMILES string of the molecule is CCOC(=O)Cc1cc2c[c]ccc2[nH]1. The van der Waals surface area contributed by atoms with Gasteiger partial charge in [0.15, 0.2) is 0 Å². The van der Waals surface area contributed by atoms with Crippen LogP contribution in [0.25, 0.3) is 10.9 Å². The maximum Gasteiger partial charge on any atom is 0.311 e. The number of rotatable bonds is 3. The average molecular weight is 202 g/mol. The zero-order valence-corrected chi connectivity index (χ0v) is 8.54. The third-order valence-corrected chi connectivity index (χ3v) is 2.16. The highest BCUT2D eigenvalue weighted by Crippen LogP contribution is 2.14. The molecule has 1 N–H and O–H groups in total. The fourth-order valence-electron chi connectivity index (χ4n) is 1.54. The maximum atomic E-state index is 11.2. The lowest BCUT2D eigenvalue weighted by Crippen LogP contribution is -2.07. The van der Waals surface area contributed by atoms with Crippen LogP contribution in [0, 0.1) is 6.07 Å². The molecule has 1 radical (unpaired) electrons. The summed E-state index contributed by atoms with van der Waals surface area (Å²) < 4.78 is 4.88. The Labute approximate surface area is 88.1 Å². The number of hydrogen-bond acceptors (Lipinski definition) is 2. The molecule has 0 saturated heterocycles. The lowest BCUT2D eigenvalue weighted by atomic mass is 10.2. The van der Waals surface area contributed by atoms with Crippen LogP contribution in [0.15, 0.2) is 24.3 Å². The largest absolute Gasteiger partial charge is 0.466 e. The lowest BCUT2D eigenvalue weighted by Gasteiger charge is -1.98. The molecule has 2 aromatic rings. The van der Waals surface area contributed by atoms with E-state index in [1.54, 1.807) is 6.92 Å². The predicted octanol–water partition coefficient (Wildman–Crippen LogP) is 2.07. The van der Waals surface area contributed by atoms with Gasteiger partial charge in [0.1, 0.15) is 0 Å². The van der Waals surface area contributed by atoms with E-state index in [0.29, 0.717) is 13.0 Å². The fraction of sp³-hybridized carbons (Fsp3) is 0.250. The molecule has 3 nitrogen and oxygen atoms in total. The summed E-state index contributed by atoms with van der Waals surface area (Å²) in [7, 11) is 0. The molecule has 0 amide bonds. The summed E-state index contributed by atoms with van der Waals surface area (Å²) in [5, 5.41) is 1.07. The molecule has 0 unspecified atom stereocenters. The average Bonchev–Trinajstić information content (AvgIpc) is 2.59. The Morgan fingerprint density at radius 3 is 3.20 bits per heavy atom. The van der Waals surface area contributed by atoms with Gasteiger partial charge in [-0.1, -0.05) is 6.07 Å². The van der Waals surface area contributed by atoms with Crippen LogP contribution in [-0.4, -0.2) is 17.6 Å². The molecule has 0 spiro atoms. The van der Waals surface area contributed by atoms with E-state index in [-0.39, 0.29) is 5.97 Å². The quantitative estimate of drug-likeness (QED) is 0.774. The Kier molecular flexibility index (Phi) is 2.72. The van der Waals surface area contributed by atoms with Gasteiger partial charge in [0, 0.05) is 16.6 Å². The van der Waals surface area contributed by atoms with E-state index < -0.39 is 0 Å². The van der Waals surface area contributed by atoms with Gasteiger partial charge in [-0.05, 0) is 31.2 Å². The third-order valence-electron chi connectivity index (χ3n) is 2.16. The number of H-pyrrole nitrogens is 1. The van der Waals surface area contributed by atoms with E-state index >= 15 is 0 Å². The first-order chi connectivity index (χ1) is 7.29. The summed E-state index contributed by atoms with van der Waals surface area (Å²) in [6, 6.07) is 10.6. The van der Waals surface area contributed by atoms with Crippen molar-refractivity contribution in [3.8, 4) is 0 Å². The van der Waals surface area contributed by atoms with Crippen LogP contribution < -0.4 is 0 Å². The van der Waals surface area contributed by atoms with E-state index in [9.17, 15) is 4.79 Å². The Morgan fingerprint density at radius 1 is 1.60 bits per heavy atom. The Balaban J connectivity index is 2.18. The van der Waals surface area contributed by atoms with Crippen LogP contribution in [0.3, 0.4) is 0 Å². The van der Waals surface area contributed by atoms with E-state index in [2.05, 4.69) is 11.1 Å². The van der Waals surface area contributed by atoms with Gasteiger partial charge >= 0.3 is 5.97 Å². The second kappa shape index (κ2) is 4.17. The summed E-state index contributed by atoms with van der Waals surface area (Å²) >= 11 is 0. The number of aromatic amines is 1. The molecule has 0 aliphatic carbocycles. The number of hydrogen-bond donors (Lipinski definition) is 1. The highest BCUT2D eigenvalue weighted by Gasteiger charge is 2.06. The number of aromatic nitrogens is 1. The maximum absolute atomic E-state index is 11.2. The summed E-state index contributed by atoms with van der Waals surface area (Å²) in [5.41, 5.74) is 1.90. The summed E-state index contributed by atoms with van der Waals surface area (Å²) in [6.45, 7) is 2.23. The molecular weight excluding hydrogens is 190 g/mol. The first kappa shape index (κ1) is 9.77.